The summed E-state index contributed by atoms with van der Waals surface area (Å²) in [4.78, 5) is 22.0. The zero-order chi connectivity index (χ0) is 12.1. The summed E-state index contributed by atoms with van der Waals surface area (Å²) in [5.41, 5.74) is 0.195. The second-order valence-electron chi connectivity index (χ2n) is 6.90. The van der Waals surface area contributed by atoms with Gasteiger partial charge in [-0.05, 0) is 61.2 Å². The molecular weight excluding hydrogens is 216 g/mol. The van der Waals surface area contributed by atoms with Crippen molar-refractivity contribution in [1.29, 1.82) is 0 Å². The summed E-state index contributed by atoms with van der Waals surface area (Å²) in [5.74, 6) is 0.722. The predicted molar refractivity (Wildman–Crippen MR) is 62.5 cm³/mol. The van der Waals surface area contributed by atoms with Crippen LogP contribution in [0.2, 0.25) is 0 Å². The van der Waals surface area contributed by atoms with Crippen LogP contribution in [0.15, 0.2) is 0 Å². The van der Waals surface area contributed by atoms with E-state index in [2.05, 4.69) is 0 Å². The van der Waals surface area contributed by atoms with E-state index in [0.717, 1.165) is 25.5 Å². The van der Waals surface area contributed by atoms with E-state index in [1.165, 1.54) is 19.3 Å². The zero-order valence-corrected chi connectivity index (χ0v) is 10.2. The van der Waals surface area contributed by atoms with Gasteiger partial charge in [0.15, 0.2) is 0 Å². The quantitative estimate of drug-likeness (QED) is 0.763. The number of aldehydes is 1. The minimum atomic E-state index is -0.659. The first kappa shape index (κ1) is 11.2. The molecule has 4 aliphatic carbocycles. The predicted octanol–water partition coefficient (Wildman–Crippen LogP) is 2.64. The Hall–Kier alpha value is -0.860. The molecule has 17 heavy (non-hydrogen) atoms. The maximum Gasteiger partial charge on any atom is 0.303 e. The van der Waals surface area contributed by atoms with Crippen molar-refractivity contribution < 1.29 is 14.7 Å². The molecule has 4 aliphatic rings. The molecule has 2 unspecified atom stereocenters. The lowest BCUT2D eigenvalue weighted by Crippen LogP contribution is -2.52. The molecule has 0 amide bonds. The summed E-state index contributed by atoms with van der Waals surface area (Å²) in [7, 11) is 0. The van der Waals surface area contributed by atoms with Crippen LogP contribution in [0, 0.1) is 22.7 Å². The number of carbonyl (C=O) groups excluding carboxylic acids is 1. The number of rotatable bonds is 4. The maximum atomic E-state index is 11.1. The second kappa shape index (κ2) is 3.56. The Morgan fingerprint density at radius 1 is 1.18 bits per heavy atom. The molecule has 0 heterocycles. The van der Waals surface area contributed by atoms with E-state index in [-0.39, 0.29) is 10.8 Å². The van der Waals surface area contributed by atoms with Gasteiger partial charge in [-0.1, -0.05) is 0 Å². The number of carbonyl (C=O) groups is 2. The summed E-state index contributed by atoms with van der Waals surface area (Å²) in [5, 5.41) is 9.12. The molecule has 94 valence electrons. The van der Waals surface area contributed by atoms with Gasteiger partial charge in [0.05, 0.1) is 6.42 Å². The van der Waals surface area contributed by atoms with E-state index in [4.69, 9.17) is 5.11 Å². The van der Waals surface area contributed by atoms with Crippen LogP contribution in [0.25, 0.3) is 0 Å². The summed E-state index contributed by atoms with van der Waals surface area (Å²) >= 11 is 0. The Labute approximate surface area is 102 Å². The highest BCUT2D eigenvalue weighted by Gasteiger charge is 2.57. The molecular formula is C14H20O3. The van der Waals surface area contributed by atoms with Crippen molar-refractivity contribution in [2.45, 2.75) is 51.4 Å². The van der Waals surface area contributed by atoms with E-state index < -0.39 is 5.97 Å². The van der Waals surface area contributed by atoms with Gasteiger partial charge in [-0.2, -0.15) is 0 Å². The molecule has 4 fully saturated rings. The first-order valence-corrected chi connectivity index (χ1v) is 6.70. The molecule has 2 atom stereocenters. The SMILES string of the molecule is O=CCC12CC3CC(C1)CC(CC(=O)O)(C3)C2. The number of hydrogen-bond donors (Lipinski definition) is 1. The first-order chi connectivity index (χ1) is 8.05. The van der Waals surface area contributed by atoms with Gasteiger partial charge in [0.1, 0.15) is 6.29 Å². The highest BCUT2D eigenvalue weighted by Crippen LogP contribution is 2.67. The van der Waals surface area contributed by atoms with Gasteiger partial charge in [0.2, 0.25) is 0 Å². The van der Waals surface area contributed by atoms with Crippen LogP contribution < -0.4 is 0 Å². The highest BCUT2D eigenvalue weighted by molar-refractivity contribution is 5.68. The smallest absolute Gasteiger partial charge is 0.303 e. The second-order valence-corrected chi connectivity index (χ2v) is 6.90. The van der Waals surface area contributed by atoms with E-state index in [1.54, 1.807) is 0 Å². The molecule has 3 nitrogen and oxygen atoms in total. The van der Waals surface area contributed by atoms with Crippen molar-refractivity contribution in [3.63, 3.8) is 0 Å². The van der Waals surface area contributed by atoms with E-state index in [9.17, 15) is 9.59 Å². The van der Waals surface area contributed by atoms with Crippen molar-refractivity contribution in [2.24, 2.45) is 22.7 Å². The number of carboxylic acid groups (broad SMARTS) is 1. The Balaban J connectivity index is 1.88. The van der Waals surface area contributed by atoms with Gasteiger partial charge >= 0.3 is 5.97 Å². The largest absolute Gasteiger partial charge is 0.481 e. The Bertz CT molecular complexity index is 346. The number of aliphatic carboxylic acids is 1. The van der Waals surface area contributed by atoms with E-state index >= 15 is 0 Å². The van der Waals surface area contributed by atoms with Gasteiger partial charge in [-0.3, -0.25) is 4.79 Å². The minimum Gasteiger partial charge on any atom is -0.481 e. The van der Waals surface area contributed by atoms with Crippen molar-refractivity contribution in [3.8, 4) is 0 Å². The lowest BCUT2D eigenvalue weighted by Gasteiger charge is -2.61. The van der Waals surface area contributed by atoms with Crippen LogP contribution in [0.5, 0.6) is 0 Å². The number of carboxylic acids is 1. The van der Waals surface area contributed by atoms with Crippen molar-refractivity contribution >= 4 is 12.3 Å². The molecule has 0 aliphatic heterocycles. The fourth-order valence-electron chi connectivity index (χ4n) is 5.59. The molecule has 4 saturated carbocycles. The Morgan fingerprint density at radius 3 is 2.29 bits per heavy atom. The average Bonchev–Trinajstić information content (AvgIpc) is 2.11. The molecule has 1 N–H and O–H groups in total. The third kappa shape index (κ3) is 1.80. The summed E-state index contributed by atoms with van der Waals surface area (Å²) in [6, 6.07) is 0. The van der Waals surface area contributed by atoms with Gasteiger partial charge in [0.25, 0.3) is 0 Å². The molecule has 0 aromatic rings. The van der Waals surface area contributed by atoms with E-state index in [0.29, 0.717) is 24.7 Å². The minimum absolute atomic E-state index is 0.0267. The monoisotopic (exact) mass is 236 g/mol. The van der Waals surface area contributed by atoms with Gasteiger partial charge in [0, 0.05) is 6.42 Å². The van der Waals surface area contributed by atoms with E-state index in [1.807, 2.05) is 0 Å². The van der Waals surface area contributed by atoms with Crippen molar-refractivity contribution in [1.82, 2.24) is 0 Å². The molecule has 0 saturated heterocycles. The average molecular weight is 236 g/mol. The lowest BCUT2D eigenvalue weighted by molar-refractivity contribution is -0.153. The summed E-state index contributed by atoms with van der Waals surface area (Å²) in [6.45, 7) is 0. The summed E-state index contributed by atoms with van der Waals surface area (Å²) in [6.07, 6.45) is 8.82. The third-order valence-electron chi connectivity index (χ3n) is 5.35. The highest BCUT2D eigenvalue weighted by atomic mass is 16.4. The van der Waals surface area contributed by atoms with Crippen LogP contribution >= 0.6 is 0 Å². The van der Waals surface area contributed by atoms with Crippen LogP contribution in [0.4, 0.5) is 0 Å². The van der Waals surface area contributed by atoms with Crippen molar-refractivity contribution in [3.05, 3.63) is 0 Å². The fraction of sp³-hybridized carbons (Fsp3) is 0.857. The zero-order valence-electron chi connectivity index (χ0n) is 10.2. The van der Waals surface area contributed by atoms with Crippen LogP contribution in [0.3, 0.4) is 0 Å². The molecule has 0 aromatic heterocycles. The van der Waals surface area contributed by atoms with Gasteiger partial charge in [-0.25, -0.2) is 0 Å². The fourth-order valence-corrected chi connectivity index (χ4v) is 5.59. The standard InChI is InChI=1S/C14H20O3/c15-2-1-13-4-10-3-11(5-13)7-14(6-10,9-13)8-12(16)17/h2,10-11H,1,3-9H2,(H,16,17). The topological polar surface area (TPSA) is 54.4 Å². The maximum absolute atomic E-state index is 11.1. The molecule has 0 aromatic carbocycles. The first-order valence-electron chi connectivity index (χ1n) is 6.70. The third-order valence-corrected chi connectivity index (χ3v) is 5.35. The molecule has 0 spiro atoms. The van der Waals surface area contributed by atoms with Crippen LogP contribution in [-0.2, 0) is 9.59 Å². The Morgan fingerprint density at radius 2 is 1.76 bits per heavy atom. The van der Waals surface area contributed by atoms with Gasteiger partial charge < -0.3 is 9.90 Å². The van der Waals surface area contributed by atoms with Gasteiger partial charge in [-0.15, -0.1) is 0 Å². The van der Waals surface area contributed by atoms with Crippen LogP contribution in [-0.4, -0.2) is 17.4 Å². The molecule has 0 radical (unpaired) electrons. The molecule has 3 heteroatoms. The summed E-state index contributed by atoms with van der Waals surface area (Å²) < 4.78 is 0. The van der Waals surface area contributed by atoms with Crippen molar-refractivity contribution in [2.75, 3.05) is 0 Å². The lowest BCUT2D eigenvalue weighted by atomic mass is 9.43. The molecule has 4 bridgehead atoms. The normalized spacial score (nSPS) is 47.1. The molecule has 4 rings (SSSR count). The Kier molecular flexibility index (Phi) is 2.36. The van der Waals surface area contributed by atoms with Crippen LogP contribution in [0.1, 0.15) is 51.4 Å². The number of hydrogen-bond acceptors (Lipinski definition) is 2.